The van der Waals surface area contributed by atoms with E-state index >= 15 is 0 Å². The third-order valence-electron chi connectivity index (χ3n) is 21.1. The molecule has 14 aromatic rings. The van der Waals surface area contributed by atoms with Gasteiger partial charge >= 0.3 is 20.1 Å². The Bertz CT molecular complexity index is 5240. The number of rotatable bonds is 11. The molecule has 0 amide bonds. The van der Waals surface area contributed by atoms with Crippen LogP contribution in [0.1, 0.15) is 166 Å². The average molecular weight is 1440 g/mol. The quantitative estimate of drug-likeness (QED) is 0.121. The Kier molecular flexibility index (Phi) is 15.3. The predicted molar refractivity (Wildman–Crippen MR) is 397 cm³/mol. The van der Waals surface area contributed by atoms with Crippen molar-refractivity contribution in [3.8, 4) is 55.8 Å². The molecule has 0 unspecified atom stereocenters. The van der Waals surface area contributed by atoms with E-state index in [1.165, 1.54) is 66.8 Å². The van der Waals surface area contributed by atoms with Gasteiger partial charge in [0.25, 0.3) is 0 Å². The summed E-state index contributed by atoms with van der Waals surface area (Å²) >= 11 is 0. The first-order chi connectivity index (χ1) is 45.7. The van der Waals surface area contributed by atoms with Crippen molar-refractivity contribution < 1.29 is 20.1 Å². The second-order valence-electron chi connectivity index (χ2n) is 32.6. The maximum absolute atomic E-state index is 5.54. The average Bonchev–Trinajstić information content (AvgIpc) is 1.57. The van der Waals surface area contributed by atoms with E-state index in [4.69, 9.17) is 24.9 Å². The number of hydrogen-bond acceptors (Lipinski definition) is 5. The van der Waals surface area contributed by atoms with Crippen molar-refractivity contribution in [1.82, 2.24) is 33.7 Å². The minimum atomic E-state index is -0.245. The van der Waals surface area contributed by atoms with Crippen molar-refractivity contribution in [2.75, 3.05) is 0 Å². The largest absolute Gasteiger partial charge is 3.00 e. The van der Waals surface area contributed by atoms with Gasteiger partial charge in [-0.1, -0.05) is 235 Å². The van der Waals surface area contributed by atoms with Crippen molar-refractivity contribution >= 4 is 55.2 Å². The van der Waals surface area contributed by atoms with E-state index < -0.39 is 0 Å². The molecule has 0 bridgehead atoms. The molecule has 97 heavy (non-hydrogen) atoms. The number of benzene rings is 9. The summed E-state index contributed by atoms with van der Waals surface area (Å²) < 4.78 is 4.66. The van der Waals surface area contributed by atoms with Crippen LogP contribution in [0.4, 0.5) is 0 Å². The van der Waals surface area contributed by atoms with Gasteiger partial charge in [0.2, 0.25) is 0 Å². The van der Waals surface area contributed by atoms with Crippen LogP contribution in [-0.2, 0) is 78.3 Å². The molecule has 2 aliphatic carbocycles. The van der Waals surface area contributed by atoms with E-state index in [1.807, 2.05) is 6.20 Å². The van der Waals surface area contributed by atoms with Crippen LogP contribution in [0.2, 0.25) is 0 Å². The van der Waals surface area contributed by atoms with Crippen LogP contribution in [0, 0.1) is 18.2 Å². The van der Waals surface area contributed by atoms with E-state index in [9.17, 15) is 0 Å². The van der Waals surface area contributed by atoms with Crippen LogP contribution < -0.4 is 0 Å². The molecule has 484 valence electrons. The Hall–Kier alpha value is -8.94. The first kappa shape index (κ1) is 64.1. The van der Waals surface area contributed by atoms with Crippen LogP contribution in [0.5, 0.6) is 0 Å². The molecule has 5 aromatic heterocycles. The van der Waals surface area contributed by atoms with E-state index in [0.29, 0.717) is 0 Å². The molecule has 0 aliphatic heterocycles. The fourth-order valence-corrected chi connectivity index (χ4v) is 16.8. The summed E-state index contributed by atoms with van der Waals surface area (Å²) in [4.78, 5) is 26.8. The molecule has 0 radical (unpaired) electrons. The summed E-state index contributed by atoms with van der Waals surface area (Å²) in [5.74, 6) is 2.02. The minimum absolute atomic E-state index is 0. The van der Waals surface area contributed by atoms with E-state index in [2.05, 4.69) is 300 Å². The van der Waals surface area contributed by atoms with Crippen LogP contribution >= 0.6 is 0 Å². The number of pyridine rings is 1. The number of fused-ring (bicyclic) bond motifs is 12. The van der Waals surface area contributed by atoms with Crippen LogP contribution in [-0.4, -0.2) is 33.7 Å². The fourth-order valence-electron chi connectivity index (χ4n) is 16.8. The summed E-state index contributed by atoms with van der Waals surface area (Å²) in [7, 11) is 0. The molecule has 0 fully saturated rings. The van der Waals surface area contributed by atoms with Crippen LogP contribution in [0.25, 0.3) is 111 Å². The predicted octanol–water partition coefficient (Wildman–Crippen LogP) is 21.6. The number of aryl methyl sites for hydroxylation is 4. The maximum Gasteiger partial charge on any atom is 3.00 e. The van der Waals surface area contributed by atoms with Gasteiger partial charge in [-0.2, -0.15) is 0 Å². The molecule has 0 N–H and O–H groups in total. The summed E-state index contributed by atoms with van der Waals surface area (Å²) in [6.07, 6.45) is 7.44. The monoisotopic (exact) mass is 1440 g/mol. The van der Waals surface area contributed by atoms with Crippen LogP contribution in [0.15, 0.2) is 182 Å². The molecule has 2 aliphatic rings. The Morgan fingerprint density at radius 1 is 0.381 bits per heavy atom. The van der Waals surface area contributed by atoms with Gasteiger partial charge in [0.1, 0.15) is 11.6 Å². The molecule has 7 nitrogen and oxygen atoms in total. The van der Waals surface area contributed by atoms with Gasteiger partial charge in [0.05, 0.1) is 33.4 Å². The zero-order valence-corrected chi connectivity index (χ0v) is 60.9. The smallest absolute Gasteiger partial charge is 0.321 e. The number of aromatic nitrogens is 7. The van der Waals surface area contributed by atoms with Crippen LogP contribution in [0.3, 0.4) is 0 Å². The molecular formula is C89H84IrN7. The Morgan fingerprint density at radius 2 is 0.814 bits per heavy atom. The van der Waals surface area contributed by atoms with E-state index in [-0.39, 0.29) is 52.6 Å². The third kappa shape index (κ3) is 11.3. The third-order valence-corrected chi connectivity index (χ3v) is 21.1. The van der Waals surface area contributed by atoms with E-state index in [1.54, 1.807) is 0 Å². The Balaban J connectivity index is 0.00000770. The van der Waals surface area contributed by atoms with Gasteiger partial charge < -0.3 is 13.8 Å². The Morgan fingerprint density at radius 3 is 1.29 bits per heavy atom. The fraction of sp³-hybridized carbons (Fsp3) is 0.292. The standard InChI is InChI=1S/C89H84N7.Ir/c1-84(2,3)82-93-74-45-54(28-38-67(74)80-91-76-48-69-71(50-78(76)95(80)82)88(11,12)52-86(69,7)8)24-26-56-42-57(27-25-55-29-39-68-75(46-55)94-83(85(4,5)6)96-79-51-72-70(49-77(79)92-81(68)96)87(9,10)53-89(72,13)14)44-64(43-56)66-23-19-18-22-65(66)61-34-36-62(37-35-61)73-47-63(40-41-90-73)60-32-30-59(31-33-60)58-20-16-15-17-21-58;/h15-23,28-36,40-51H,24-27,52-53H2,1-14H3;/q-3;+3. The molecule has 0 saturated heterocycles. The molecule has 0 atom stereocenters. The van der Waals surface area contributed by atoms with Gasteiger partial charge in [-0.25, -0.2) is 0 Å². The van der Waals surface area contributed by atoms with Gasteiger partial charge in [-0.05, 0) is 161 Å². The van der Waals surface area contributed by atoms with E-state index in [0.717, 1.165) is 139 Å². The topological polar surface area (TPSA) is 73.3 Å². The van der Waals surface area contributed by atoms with Crippen molar-refractivity contribution in [1.29, 1.82) is 0 Å². The molecule has 16 rings (SSSR count). The van der Waals surface area contributed by atoms with Crippen molar-refractivity contribution in [2.45, 2.75) is 168 Å². The van der Waals surface area contributed by atoms with Gasteiger partial charge in [0, 0.05) is 17.0 Å². The first-order valence-electron chi connectivity index (χ1n) is 34.5. The first-order valence-corrected chi connectivity index (χ1v) is 34.5. The SMILES string of the molecule is CC(C)(C)c1nc2cc(CCc3cc(CCc4c[c-]c5c(c4)nc(C(C)(C)C)n4c6cc7c(cc6nc54)C(C)(C)CC7(C)C)cc(-c4ccccc4-c4c[c-]c(-c5cc(-c6ccc(-c7ccccc7)cc6)ccn5)cc4)c3)c[c-]c2c2nc3cc4c(cc3n12)C(C)(C)CC4(C)C.[Ir+3]. The summed E-state index contributed by atoms with van der Waals surface area (Å²) in [6, 6.07) is 75.9. The van der Waals surface area contributed by atoms with Gasteiger partial charge in [-0.15, -0.1) is 77.4 Å². The summed E-state index contributed by atoms with van der Waals surface area (Å²) in [5, 5.41) is 1.91. The normalized spacial score (nSPS) is 15.4. The second kappa shape index (κ2) is 23.1. The van der Waals surface area contributed by atoms with Crippen molar-refractivity contribution in [3.63, 3.8) is 0 Å². The van der Waals surface area contributed by atoms with Gasteiger partial charge in [0.15, 0.2) is 0 Å². The molecule has 8 heteroatoms. The molecule has 0 saturated carbocycles. The number of hydrogen-bond donors (Lipinski definition) is 0. The molecule has 0 spiro atoms. The molecule has 5 heterocycles. The Labute approximate surface area is 585 Å². The van der Waals surface area contributed by atoms with Crippen molar-refractivity contribution in [3.05, 3.63) is 256 Å². The molecular weight excluding hydrogens is 1360 g/mol. The zero-order valence-electron chi connectivity index (χ0n) is 58.5. The number of nitrogens with zero attached hydrogens (tertiary/aromatic N) is 7. The maximum atomic E-state index is 5.54. The van der Waals surface area contributed by atoms with Crippen molar-refractivity contribution in [2.24, 2.45) is 0 Å². The van der Waals surface area contributed by atoms with Gasteiger partial charge in [-0.3, -0.25) is 19.9 Å². The molecule has 9 aromatic carbocycles. The zero-order chi connectivity index (χ0) is 66.6. The number of imidazole rings is 2. The summed E-state index contributed by atoms with van der Waals surface area (Å²) in [6.45, 7) is 32.7. The second-order valence-corrected chi connectivity index (χ2v) is 32.6. The summed E-state index contributed by atoms with van der Waals surface area (Å²) in [5.41, 5.74) is 29.6. The minimum Gasteiger partial charge on any atom is -0.321 e.